The molecule has 7 nitrogen and oxygen atoms in total. The fourth-order valence-corrected chi connectivity index (χ4v) is 2.27. The zero-order valence-electron chi connectivity index (χ0n) is 13.3. The fourth-order valence-electron chi connectivity index (χ4n) is 2.27. The summed E-state index contributed by atoms with van der Waals surface area (Å²) in [7, 11) is 0. The van der Waals surface area contributed by atoms with Gasteiger partial charge in [-0.05, 0) is 26.3 Å². The maximum Gasteiger partial charge on any atom is 0.317 e. The molecule has 7 heteroatoms. The Morgan fingerprint density at radius 1 is 1.41 bits per heavy atom. The molecule has 1 fully saturated rings. The largest absolute Gasteiger partial charge is 0.337 e. The average molecular weight is 302 g/mol. The molecule has 2 rings (SSSR count). The van der Waals surface area contributed by atoms with Crippen molar-refractivity contribution in [3.63, 3.8) is 0 Å². The van der Waals surface area contributed by atoms with Crippen LogP contribution in [0.15, 0.2) is 6.07 Å². The second-order valence-corrected chi connectivity index (χ2v) is 5.54. The molecule has 1 aromatic heterocycles. The molecule has 0 aromatic carbocycles. The first-order valence-electron chi connectivity index (χ1n) is 7.59. The Morgan fingerprint density at radius 2 is 2.09 bits per heavy atom. The maximum absolute atomic E-state index is 12.1. The third-order valence-corrected chi connectivity index (χ3v) is 3.79. The Hall–Kier alpha value is -2.36. The molecule has 0 aliphatic carbocycles. The van der Waals surface area contributed by atoms with E-state index in [9.17, 15) is 4.79 Å². The minimum absolute atomic E-state index is 0.0168. The lowest BCUT2D eigenvalue weighted by Crippen LogP contribution is -2.53. The average Bonchev–Trinajstić information content (AvgIpc) is 2.54. The van der Waals surface area contributed by atoms with Gasteiger partial charge in [0.05, 0.1) is 0 Å². The number of nitrogens with zero attached hydrogens (tertiary/aromatic N) is 5. The molecule has 2 heterocycles. The number of aromatic nitrogens is 2. The van der Waals surface area contributed by atoms with Crippen molar-refractivity contribution in [1.29, 1.82) is 5.26 Å². The predicted octanol–water partition coefficient (Wildman–Crippen LogP) is 1.29. The number of hydrogen-bond acceptors (Lipinski definition) is 5. The summed E-state index contributed by atoms with van der Waals surface area (Å²) in [6, 6.07) is 3.88. The Kier molecular flexibility index (Phi) is 5.15. The SMILES string of the molecule is CCC(C)NC(=O)N1CCN(c2nc(C)cc(C#N)n2)CC1. The van der Waals surface area contributed by atoms with E-state index in [0.29, 0.717) is 37.8 Å². The van der Waals surface area contributed by atoms with Gasteiger partial charge in [0.2, 0.25) is 5.95 Å². The molecule has 1 unspecified atom stereocenters. The molecule has 118 valence electrons. The van der Waals surface area contributed by atoms with Crippen LogP contribution < -0.4 is 10.2 Å². The Labute approximate surface area is 131 Å². The number of nitriles is 1. The molecule has 1 aliphatic rings. The van der Waals surface area contributed by atoms with Crippen molar-refractivity contribution in [2.45, 2.75) is 33.2 Å². The predicted molar refractivity (Wildman–Crippen MR) is 83.6 cm³/mol. The maximum atomic E-state index is 12.1. The van der Waals surface area contributed by atoms with Crippen molar-refractivity contribution < 1.29 is 4.79 Å². The highest BCUT2D eigenvalue weighted by Gasteiger charge is 2.23. The van der Waals surface area contributed by atoms with Crippen molar-refractivity contribution in [3.05, 3.63) is 17.5 Å². The Bertz CT molecular complexity index is 574. The third kappa shape index (κ3) is 3.85. The minimum atomic E-state index is -0.0168. The number of piperazine rings is 1. The molecular formula is C15H22N6O. The first kappa shape index (κ1) is 16.0. The second-order valence-electron chi connectivity index (χ2n) is 5.54. The summed E-state index contributed by atoms with van der Waals surface area (Å²) in [6.07, 6.45) is 0.916. The molecule has 0 spiro atoms. The van der Waals surface area contributed by atoms with Crippen LogP contribution in [0.1, 0.15) is 31.7 Å². The molecule has 0 bridgehead atoms. The number of carbonyl (C=O) groups excluding carboxylic acids is 1. The number of nitrogens with one attached hydrogen (secondary N) is 1. The lowest BCUT2D eigenvalue weighted by molar-refractivity contribution is 0.190. The summed E-state index contributed by atoms with van der Waals surface area (Å²) in [5.74, 6) is 0.568. The van der Waals surface area contributed by atoms with Gasteiger partial charge in [0, 0.05) is 37.9 Å². The van der Waals surface area contributed by atoms with E-state index in [4.69, 9.17) is 5.26 Å². The number of rotatable bonds is 3. The van der Waals surface area contributed by atoms with Gasteiger partial charge in [-0.15, -0.1) is 0 Å². The lowest BCUT2D eigenvalue weighted by Gasteiger charge is -2.35. The second kappa shape index (κ2) is 7.07. The number of urea groups is 1. The van der Waals surface area contributed by atoms with E-state index in [0.717, 1.165) is 12.1 Å². The molecule has 1 saturated heterocycles. The summed E-state index contributed by atoms with van der Waals surface area (Å²) < 4.78 is 0. The van der Waals surface area contributed by atoms with Crippen molar-refractivity contribution in [2.75, 3.05) is 31.1 Å². The molecule has 1 aliphatic heterocycles. The summed E-state index contributed by atoms with van der Waals surface area (Å²) in [6.45, 7) is 8.48. The number of carbonyl (C=O) groups is 1. The summed E-state index contributed by atoms with van der Waals surface area (Å²) in [5, 5.41) is 12.0. The lowest BCUT2D eigenvalue weighted by atomic mass is 10.2. The number of hydrogen-bond donors (Lipinski definition) is 1. The molecule has 1 atom stereocenters. The first-order chi connectivity index (χ1) is 10.5. The van der Waals surface area contributed by atoms with Crippen LogP contribution in [-0.4, -0.2) is 53.1 Å². The Morgan fingerprint density at radius 3 is 2.68 bits per heavy atom. The van der Waals surface area contributed by atoms with Crippen LogP contribution in [0.25, 0.3) is 0 Å². The molecule has 0 radical (unpaired) electrons. The molecule has 1 aromatic rings. The monoisotopic (exact) mass is 302 g/mol. The normalized spacial score (nSPS) is 16.1. The van der Waals surface area contributed by atoms with Crippen LogP contribution in [0.3, 0.4) is 0 Å². The van der Waals surface area contributed by atoms with Gasteiger partial charge in [-0.1, -0.05) is 6.92 Å². The van der Waals surface area contributed by atoms with Gasteiger partial charge in [0.1, 0.15) is 11.8 Å². The molecule has 0 saturated carbocycles. The highest BCUT2D eigenvalue weighted by molar-refractivity contribution is 5.74. The smallest absolute Gasteiger partial charge is 0.317 e. The van der Waals surface area contributed by atoms with Gasteiger partial charge < -0.3 is 15.1 Å². The topological polar surface area (TPSA) is 85.2 Å². The number of aryl methyl sites for hydroxylation is 1. The van der Waals surface area contributed by atoms with Crippen LogP contribution in [0, 0.1) is 18.3 Å². The van der Waals surface area contributed by atoms with Crippen LogP contribution in [0.5, 0.6) is 0 Å². The molecule has 1 N–H and O–H groups in total. The zero-order chi connectivity index (χ0) is 16.1. The summed E-state index contributed by atoms with van der Waals surface area (Å²) in [5.41, 5.74) is 1.15. The van der Waals surface area contributed by atoms with Crippen molar-refractivity contribution >= 4 is 12.0 Å². The summed E-state index contributed by atoms with van der Waals surface area (Å²) >= 11 is 0. The van der Waals surface area contributed by atoms with Gasteiger partial charge in [-0.2, -0.15) is 5.26 Å². The van der Waals surface area contributed by atoms with Gasteiger partial charge >= 0.3 is 6.03 Å². The van der Waals surface area contributed by atoms with Gasteiger partial charge in [-0.3, -0.25) is 0 Å². The first-order valence-corrected chi connectivity index (χ1v) is 7.59. The van der Waals surface area contributed by atoms with Gasteiger partial charge in [0.15, 0.2) is 0 Å². The third-order valence-electron chi connectivity index (χ3n) is 3.79. The van der Waals surface area contributed by atoms with Crippen molar-refractivity contribution in [2.24, 2.45) is 0 Å². The van der Waals surface area contributed by atoms with Crippen molar-refractivity contribution in [3.8, 4) is 6.07 Å². The van der Waals surface area contributed by atoms with Crippen LogP contribution in [0.2, 0.25) is 0 Å². The van der Waals surface area contributed by atoms with E-state index in [-0.39, 0.29) is 12.1 Å². The van der Waals surface area contributed by atoms with E-state index in [1.165, 1.54) is 0 Å². The van der Waals surface area contributed by atoms with Gasteiger partial charge in [0.25, 0.3) is 0 Å². The highest BCUT2D eigenvalue weighted by atomic mass is 16.2. The van der Waals surface area contributed by atoms with Crippen molar-refractivity contribution in [1.82, 2.24) is 20.2 Å². The highest BCUT2D eigenvalue weighted by Crippen LogP contribution is 2.13. The van der Waals surface area contributed by atoms with Crippen LogP contribution in [-0.2, 0) is 0 Å². The number of amides is 2. The van der Waals surface area contributed by atoms with E-state index in [1.807, 2.05) is 36.6 Å². The molecule has 22 heavy (non-hydrogen) atoms. The van der Waals surface area contributed by atoms with E-state index < -0.39 is 0 Å². The zero-order valence-corrected chi connectivity index (χ0v) is 13.3. The fraction of sp³-hybridized carbons (Fsp3) is 0.600. The van der Waals surface area contributed by atoms with E-state index in [1.54, 1.807) is 6.07 Å². The quantitative estimate of drug-likeness (QED) is 0.909. The van der Waals surface area contributed by atoms with Gasteiger partial charge in [-0.25, -0.2) is 14.8 Å². The number of anilines is 1. The summed E-state index contributed by atoms with van der Waals surface area (Å²) in [4.78, 5) is 24.5. The molecular weight excluding hydrogens is 280 g/mol. The van der Waals surface area contributed by atoms with E-state index in [2.05, 4.69) is 15.3 Å². The van der Waals surface area contributed by atoms with E-state index >= 15 is 0 Å². The Balaban J connectivity index is 1.96. The molecule has 2 amide bonds. The standard InChI is InChI=1S/C15H22N6O/c1-4-11(2)18-15(22)21-7-5-20(6-8-21)14-17-12(3)9-13(10-16)19-14/h9,11H,4-8H2,1-3H3,(H,18,22). The van der Waals surface area contributed by atoms with Crippen LogP contribution >= 0.6 is 0 Å². The van der Waals surface area contributed by atoms with Crippen LogP contribution in [0.4, 0.5) is 10.7 Å². The minimum Gasteiger partial charge on any atom is -0.337 e.